The van der Waals surface area contributed by atoms with Crippen molar-refractivity contribution in [2.45, 2.75) is 25.7 Å². The molecule has 0 atom stereocenters. The van der Waals surface area contributed by atoms with E-state index < -0.39 is 0 Å². The van der Waals surface area contributed by atoms with Gasteiger partial charge in [0.1, 0.15) is 11.6 Å². The van der Waals surface area contributed by atoms with Crippen LogP contribution in [0.2, 0.25) is 0 Å². The fraction of sp³-hybridized carbons (Fsp3) is 0.217. The number of H-pyrrole nitrogens is 1. The highest BCUT2D eigenvalue weighted by Gasteiger charge is 2.14. The molecule has 4 rings (SSSR count). The molecule has 7 nitrogen and oxygen atoms in total. The number of carbonyl (C=O) groups excluding carboxylic acids is 1. The summed E-state index contributed by atoms with van der Waals surface area (Å²) in [4.78, 5) is 29.5. The molecule has 0 radical (unpaired) electrons. The molecular weight excluding hydrogens is 399 g/mol. The van der Waals surface area contributed by atoms with Gasteiger partial charge >= 0.3 is 5.97 Å². The van der Waals surface area contributed by atoms with Crippen molar-refractivity contribution in [2.24, 2.45) is 0 Å². The fourth-order valence-corrected chi connectivity index (χ4v) is 3.49. The Bertz CT molecular complexity index is 1260. The van der Waals surface area contributed by atoms with Gasteiger partial charge in [-0.15, -0.1) is 0 Å². The second-order valence-corrected chi connectivity index (χ2v) is 7.12. The number of unbranched alkanes of at least 4 members (excludes halogenated alkanes) is 1. The number of rotatable bonds is 7. The third-order valence-electron chi connectivity index (χ3n) is 5.08. The molecular formula is C23H21FN4O3. The SMILES string of the molecule is COC(=O)CCCCc1nc2cc(-c3cc[nH]n3)ccc2c(=O)n1-c1ccc(F)cc1. The number of aryl methyl sites for hydroxylation is 1. The van der Waals surface area contributed by atoms with E-state index in [9.17, 15) is 14.0 Å². The molecule has 0 aliphatic carbocycles. The van der Waals surface area contributed by atoms with Crippen molar-refractivity contribution >= 4 is 16.9 Å². The lowest BCUT2D eigenvalue weighted by atomic mass is 10.1. The number of hydrogen-bond acceptors (Lipinski definition) is 5. The van der Waals surface area contributed by atoms with Crippen LogP contribution in [0.25, 0.3) is 27.8 Å². The number of ether oxygens (including phenoxy) is 1. The fourth-order valence-electron chi connectivity index (χ4n) is 3.49. The van der Waals surface area contributed by atoms with Crippen molar-refractivity contribution in [2.75, 3.05) is 7.11 Å². The van der Waals surface area contributed by atoms with Gasteiger partial charge in [0.25, 0.3) is 5.56 Å². The highest BCUT2D eigenvalue weighted by atomic mass is 19.1. The summed E-state index contributed by atoms with van der Waals surface area (Å²) < 4.78 is 19.6. The van der Waals surface area contributed by atoms with E-state index in [1.165, 1.54) is 23.8 Å². The van der Waals surface area contributed by atoms with Crippen molar-refractivity contribution < 1.29 is 13.9 Å². The molecule has 1 N–H and O–H groups in total. The Morgan fingerprint density at radius 1 is 1.13 bits per heavy atom. The van der Waals surface area contributed by atoms with Crippen molar-refractivity contribution in [3.8, 4) is 16.9 Å². The summed E-state index contributed by atoms with van der Waals surface area (Å²) in [6, 6.07) is 13.0. The van der Waals surface area contributed by atoms with Crippen LogP contribution in [0.1, 0.15) is 25.1 Å². The molecule has 0 saturated carbocycles. The summed E-state index contributed by atoms with van der Waals surface area (Å²) in [6.07, 6.45) is 3.76. The number of fused-ring (bicyclic) bond motifs is 1. The van der Waals surface area contributed by atoms with Gasteiger partial charge in [0.2, 0.25) is 0 Å². The number of methoxy groups -OCH3 is 1. The van der Waals surface area contributed by atoms with Crippen LogP contribution in [0.4, 0.5) is 4.39 Å². The number of aromatic nitrogens is 4. The van der Waals surface area contributed by atoms with Crippen molar-refractivity contribution in [1.29, 1.82) is 0 Å². The number of nitrogens with one attached hydrogen (secondary N) is 1. The van der Waals surface area contributed by atoms with Crippen LogP contribution >= 0.6 is 0 Å². The Balaban J connectivity index is 1.77. The maximum Gasteiger partial charge on any atom is 0.305 e. The van der Waals surface area contributed by atoms with E-state index in [0.717, 1.165) is 11.3 Å². The minimum Gasteiger partial charge on any atom is -0.469 e. The first kappa shape index (κ1) is 20.5. The van der Waals surface area contributed by atoms with Crippen molar-refractivity contribution in [3.63, 3.8) is 0 Å². The summed E-state index contributed by atoms with van der Waals surface area (Å²) >= 11 is 0. The third-order valence-corrected chi connectivity index (χ3v) is 5.08. The summed E-state index contributed by atoms with van der Waals surface area (Å²) in [7, 11) is 1.36. The first-order valence-electron chi connectivity index (χ1n) is 9.95. The van der Waals surface area contributed by atoms with Crippen LogP contribution in [-0.2, 0) is 16.0 Å². The lowest BCUT2D eigenvalue weighted by Crippen LogP contribution is -2.24. The largest absolute Gasteiger partial charge is 0.469 e. The van der Waals surface area contributed by atoms with Crippen LogP contribution in [0, 0.1) is 5.82 Å². The zero-order valence-corrected chi connectivity index (χ0v) is 17.0. The molecule has 0 fully saturated rings. The molecule has 158 valence electrons. The second kappa shape index (κ2) is 8.91. The van der Waals surface area contributed by atoms with Gasteiger partial charge in [-0.3, -0.25) is 19.3 Å². The van der Waals surface area contributed by atoms with Crippen LogP contribution in [0.5, 0.6) is 0 Å². The quantitative estimate of drug-likeness (QED) is 0.363. The molecule has 8 heteroatoms. The summed E-state index contributed by atoms with van der Waals surface area (Å²) in [6.45, 7) is 0. The van der Waals surface area contributed by atoms with Gasteiger partial charge in [-0.1, -0.05) is 6.07 Å². The monoisotopic (exact) mass is 420 g/mol. The molecule has 31 heavy (non-hydrogen) atoms. The first-order chi connectivity index (χ1) is 15.1. The average Bonchev–Trinajstić information content (AvgIpc) is 3.32. The van der Waals surface area contributed by atoms with E-state index in [4.69, 9.17) is 4.98 Å². The lowest BCUT2D eigenvalue weighted by Gasteiger charge is -2.14. The van der Waals surface area contributed by atoms with Crippen LogP contribution in [0.3, 0.4) is 0 Å². The van der Waals surface area contributed by atoms with Gasteiger partial charge in [0.05, 0.1) is 29.4 Å². The molecule has 0 spiro atoms. The number of carbonyl (C=O) groups is 1. The van der Waals surface area contributed by atoms with E-state index in [0.29, 0.717) is 48.1 Å². The molecule has 0 amide bonds. The van der Waals surface area contributed by atoms with E-state index in [2.05, 4.69) is 14.9 Å². The predicted molar refractivity (Wildman–Crippen MR) is 114 cm³/mol. The van der Waals surface area contributed by atoms with Crippen LogP contribution in [-0.4, -0.2) is 32.8 Å². The number of esters is 1. The molecule has 0 unspecified atom stereocenters. The van der Waals surface area contributed by atoms with Gasteiger partial charge in [-0.25, -0.2) is 9.37 Å². The number of aromatic amines is 1. The number of halogens is 1. The molecule has 0 aliphatic rings. The molecule has 2 aromatic carbocycles. The van der Waals surface area contributed by atoms with Crippen molar-refractivity contribution in [1.82, 2.24) is 19.7 Å². The first-order valence-corrected chi connectivity index (χ1v) is 9.95. The molecule has 0 bridgehead atoms. The summed E-state index contributed by atoms with van der Waals surface area (Å²) in [5.41, 5.74) is 2.47. The van der Waals surface area contributed by atoms with E-state index in [-0.39, 0.29) is 17.3 Å². The van der Waals surface area contributed by atoms with E-state index in [1.807, 2.05) is 18.2 Å². The van der Waals surface area contributed by atoms with Crippen LogP contribution in [0.15, 0.2) is 59.5 Å². The van der Waals surface area contributed by atoms with Crippen molar-refractivity contribution in [3.05, 3.63) is 76.7 Å². The normalized spacial score (nSPS) is 11.0. The van der Waals surface area contributed by atoms with Gasteiger partial charge in [0.15, 0.2) is 0 Å². The summed E-state index contributed by atoms with van der Waals surface area (Å²) in [5, 5.41) is 7.42. The Morgan fingerprint density at radius 2 is 1.94 bits per heavy atom. The molecule has 2 aromatic heterocycles. The maximum absolute atomic E-state index is 13.4. The topological polar surface area (TPSA) is 89.9 Å². The van der Waals surface area contributed by atoms with E-state index >= 15 is 0 Å². The standard InChI is InChI=1S/C23H21FN4O3/c1-31-22(29)5-3-2-4-21-26-20-14-15(19-12-13-25-27-19)6-11-18(20)23(30)28(21)17-9-7-16(24)8-10-17/h6-14H,2-5H2,1H3,(H,25,27). The Hall–Kier alpha value is -3.81. The van der Waals surface area contributed by atoms with Gasteiger partial charge < -0.3 is 4.74 Å². The Morgan fingerprint density at radius 3 is 2.65 bits per heavy atom. The zero-order valence-electron chi connectivity index (χ0n) is 17.0. The molecule has 0 saturated heterocycles. The Kier molecular flexibility index (Phi) is 5.88. The predicted octanol–water partition coefficient (Wildman–Crippen LogP) is 3.80. The number of nitrogens with zero attached hydrogens (tertiary/aromatic N) is 3. The smallest absolute Gasteiger partial charge is 0.305 e. The average molecular weight is 420 g/mol. The lowest BCUT2D eigenvalue weighted by molar-refractivity contribution is -0.140. The van der Waals surface area contributed by atoms with Gasteiger partial charge in [-0.05, 0) is 55.3 Å². The molecule has 4 aromatic rings. The highest BCUT2D eigenvalue weighted by Crippen LogP contribution is 2.22. The van der Waals surface area contributed by atoms with Gasteiger partial charge in [-0.2, -0.15) is 5.10 Å². The number of hydrogen-bond donors (Lipinski definition) is 1. The minimum atomic E-state index is -0.381. The Labute approximate surface area is 177 Å². The van der Waals surface area contributed by atoms with E-state index in [1.54, 1.807) is 24.4 Å². The van der Waals surface area contributed by atoms with Crippen LogP contribution < -0.4 is 5.56 Å². The minimum absolute atomic E-state index is 0.229. The number of benzene rings is 2. The van der Waals surface area contributed by atoms with Gasteiger partial charge in [0, 0.05) is 24.6 Å². The summed E-state index contributed by atoms with van der Waals surface area (Å²) in [5.74, 6) is -0.104. The molecule has 0 aliphatic heterocycles. The second-order valence-electron chi connectivity index (χ2n) is 7.12. The zero-order chi connectivity index (χ0) is 21.8. The molecule has 2 heterocycles. The maximum atomic E-state index is 13.4. The third kappa shape index (κ3) is 4.37. The highest BCUT2D eigenvalue weighted by molar-refractivity contribution is 5.83.